The van der Waals surface area contributed by atoms with Gasteiger partial charge in [0.25, 0.3) is 5.91 Å². The third kappa shape index (κ3) is 7.91. The Balaban J connectivity index is 1.07. The molecule has 1 amide bonds. The summed E-state index contributed by atoms with van der Waals surface area (Å²) in [6.45, 7) is 5.16. The second kappa shape index (κ2) is 15.3. The first kappa shape index (κ1) is 35.4. The number of nitrogens with one attached hydrogen (secondary N) is 2. The Morgan fingerprint density at radius 1 is 0.960 bits per heavy atom. The zero-order valence-electron chi connectivity index (χ0n) is 27.8. The zero-order valence-corrected chi connectivity index (χ0v) is 30.8. The van der Waals surface area contributed by atoms with E-state index in [1.807, 2.05) is 29.2 Å². The summed E-state index contributed by atoms with van der Waals surface area (Å²) in [7, 11) is 0. The molecule has 8 nitrogen and oxygen atoms in total. The van der Waals surface area contributed by atoms with Crippen molar-refractivity contribution in [1.82, 2.24) is 15.5 Å². The zero-order chi connectivity index (χ0) is 34.9. The van der Waals surface area contributed by atoms with Crippen LogP contribution in [0.1, 0.15) is 49.3 Å². The predicted octanol–water partition coefficient (Wildman–Crippen LogP) is 7.34. The monoisotopic (exact) mass is 756 g/mol. The summed E-state index contributed by atoms with van der Waals surface area (Å²) in [5.41, 5.74) is 5.86. The predicted molar refractivity (Wildman–Crippen MR) is 200 cm³/mol. The molecule has 0 unspecified atom stereocenters. The molecule has 3 atom stereocenters. The minimum Gasteiger partial charge on any atom is -0.485 e. The lowest BCUT2D eigenvalue weighted by Crippen LogP contribution is -2.60. The van der Waals surface area contributed by atoms with Crippen LogP contribution in [0.2, 0.25) is 20.1 Å². The molecule has 1 aliphatic carbocycles. The molecule has 264 valence electrons. The second-order valence-electron chi connectivity index (χ2n) is 13.5. The van der Waals surface area contributed by atoms with Gasteiger partial charge in [0.1, 0.15) is 6.10 Å². The largest absolute Gasteiger partial charge is 0.485 e. The molecular weight excluding hydrogens is 718 g/mol. The Morgan fingerprint density at radius 2 is 1.72 bits per heavy atom. The van der Waals surface area contributed by atoms with E-state index in [0.29, 0.717) is 51.9 Å². The Hall–Kier alpha value is -2.98. The number of ether oxygens (including phenoxy) is 2. The molecule has 3 aliphatic heterocycles. The molecule has 2 bridgehead atoms. The van der Waals surface area contributed by atoms with E-state index in [-0.39, 0.29) is 42.7 Å². The first-order valence-corrected chi connectivity index (χ1v) is 18.7. The van der Waals surface area contributed by atoms with Crippen LogP contribution in [0.15, 0.2) is 60.2 Å². The van der Waals surface area contributed by atoms with Crippen LogP contribution in [-0.4, -0.2) is 73.8 Å². The maximum absolute atomic E-state index is 14.5. The van der Waals surface area contributed by atoms with Crippen LogP contribution in [0.4, 0.5) is 5.69 Å². The summed E-state index contributed by atoms with van der Waals surface area (Å²) >= 11 is 26.1. The van der Waals surface area contributed by atoms with Crippen molar-refractivity contribution in [3.8, 4) is 5.75 Å². The van der Waals surface area contributed by atoms with Gasteiger partial charge in [-0.15, -0.1) is 0 Å². The quantitative estimate of drug-likeness (QED) is 0.198. The van der Waals surface area contributed by atoms with Gasteiger partial charge in [-0.2, -0.15) is 0 Å². The molecule has 3 aromatic carbocycles. The average Bonchev–Trinajstić information content (AvgIpc) is 3.83. The Morgan fingerprint density at radius 3 is 2.44 bits per heavy atom. The summed E-state index contributed by atoms with van der Waals surface area (Å²) < 4.78 is 11.4. The molecular formula is C38H40Cl4N4O4. The Labute approximate surface area is 313 Å². The maximum Gasteiger partial charge on any atom is 0.302 e. The standard InChI is InChI=1S/C38H40Cl4N4O4/c1-22(47)49-14-12-23-15-32(40)37(33(41)16-23)50-29-11-13-45(21-29)27-7-5-24(6-8-27)30-17-26-18-43-19-34(44-26)35(30)38(48)46(28-9-10-28)20-25-3-2-4-31(39)36(25)42/h2-8,15-16,26,28-29,34,43-44H,9-14,17-21H2,1H3/t26-,29+,34-/m1/s1. The molecule has 3 heterocycles. The normalized spacial score (nSPS) is 21.7. The number of hydrogen-bond donors (Lipinski definition) is 2. The van der Waals surface area contributed by atoms with Gasteiger partial charge in [-0.3, -0.25) is 9.59 Å². The number of amides is 1. The van der Waals surface area contributed by atoms with E-state index in [1.54, 1.807) is 6.07 Å². The number of anilines is 1. The summed E-state index contributed by atoms with van der Waals surface area (Å²) in [5, 5.41) is 9.12. The number of fused-ring (bicyclic) bond motifs is 2. The molecule has 7 rings (SSSR count). The van der Waals surface area contributed by atoms with Crippen LogP contribution in [-0.2, 0) is 27.3 Å². The second-order valence-corrected chi connectivity index (χ2v) is 15.1. The van der Waals surface area contributed by atoms with E-state index >= 15 is 0 Å². The molecule has 3 fully saturated rings. The van der Waals surface area contributed by atoms with Crippen LogP contribution >= 0.6 is 46.4 Å². The SMILES string of the molecule is CC(=O)OCCc1cc(Cl)c(O[C@H]2CCN(c3ccc(C4=C(C(=O)N(Cc5cccc(Cl)c5Cl)C5CC5)[C@H]5CNC[C@@H](C4)N5)cc3)C2)c(Cl)c1. The molecule has 0 radical (unpaired) electrons. The number of rotatable bonds is 11. The minimum atomic E-state index is -0.321. The van der Waals surface area contributed by atoms with Crippen molar-refractivity contribution < 1.29 is 19.1 Å². The van der Waals surface area contributed by atoms with Gasteiger partial charge < -0.3 is 29.9 Å². The fourth-order valence-electron chi connectivity index (χ4n) is 7.28. The topological polar surface area (TPSA) is 83.1 Å². The number of carbonyl (C=O) groups excluding carboxylic acids is 2. The van der Waals surface area contributed by atoms with Gasteiger partial charge >= 0.3 is 5.97 Å². The molecule has 0 aromatic heterocycles. The van der Waals surface area contributed by atoms with E-state index in [1.165, 1.54) is 6.92 Å². The fourth-order valence-corrected chi connectivity index (χ4v) is 8.28. The van der Waals surface area contributed by atoms with E-state index in [2.05, 4.69) is 39.8 Å². The number of hydrogen-bond acceptors (Lipinski definition) is 7. The van der Waals surface area contributed by atoms with Gasteiger partial charge in [0, 0.05) is 69.3 Å². The summed E-state index contributed by atoms with van der Waals surface area (Å²) in [6.07, 6.45) is 4.00. The Kier molecular flexibility index (Phi) is 10.9. The summed E-state index contributed by atoms with van der Waals surface area (Å²) in [5.74, 6) is 0.217. The van der Waals surface area contributed by atoms with Crippen LogP contribution in [0.25, 0.3) is 5.57 Å². The van der Waals surface area contributed by atoms with E-state index in [0.717, 1.165) is 72.3 Å². The number of piperazine rings is 1. The van der Waals surface area contributed by atoms with Gasteiger partial charge in [-0.05, 0) is 71.9 Å². The van der Waals surface area contributed by atoms with E-state index in [9.17, 15) is 9.59 Å². The van der Waals surface area contributed by atoms with Gasteiger partial charge in [0.05, 0.1) is 39.3 Å². The summed E-state index contributed by atoms with van der Waals surface area (Å²) in [6, 6.07) is 18.2. The van der Waals surface area contributed by atoms with Crippen molar-refractivity contribution in [1.29, 1.82) is 0 Å². The highest BCUT2D eigenvalue weighted by atomic mass is 35.5. The van der Waals surface area contributed by atoms with Crippen molar-refractivity contribution in [2.75, 3.05) is 37.7 Å². The van der Waals surface area contributed by atoms with E-state index < -0.39 is 0 Å². The van der Waals surface area contributed by atoms with Crippen LogP contribution in [0.3, 0.4) is 0 Å². The summed E-state index contributed by atoms with van der Waals surface area (Å²) in [4.78, 5) is 29.9. The third-order valence-electron chi connectivity index (χ3n) is 9.92. The number of halogens is 4. The first-order chi connectivity index (χ1) is 24.1. The Bertz CT molecular complexity index is 1770. The van der Waals surface area contributed by atoms with Crippen LogP contribution in [0.5, 0.6) is 5.75 Å². The number of benzene rings is 3. The van der Waals surface area contributed by atoms with Gasteiger partial charge in [-0.1, -0.05) is 70.7 Å². The lowest BCUT2D eigenvalue weighted by atomic mass is 9.83. The maximum atomic E-state index is 14.5. The average molecular weight is 759 g/mol. The first-order valence-electron chi connectivity index (χ1n) is 17.2. The van der Waals surface area contributed by atoms with Crippen molar-refractivity contribution in [2.45, 2.75) is 69.8 Å². The molecule has 3 aromatic rings. The molecule has 1 saturated carbocycles. The molecule has 50 heavy (non-hydrogen) atoms. The van der Waals surface area contributed by atoms with Gasteiger partial charge in [0.15, 0.2) is 5.75 Å². The molecule has 4 aliphatic rings. The van der Waals surface area contributed by atoms with Crippen molar-refractivity contribution in [2.24, 2.45) is 0 Å². The highest BCUT2D eigenvalue weighted by molar-refractivity contribution is 6.42. The molecule has 12 heteroatoms. The lowest BCUT2D eigenvalue weighted by molar-refractivity contribution is -0.140. The minimum absolute atomic E-state index is 0.0663. The van der Waals surface area contributed by atoms with Crippen LogP contribution in [0, 0.1) is 0 Å². The number of carbonyl (C=O) groups is 2. The molecule has 2 N–H and O–H groups in total. The number of nitrogens with zero attached hydrogens (tertiary/aromatic N) is 2. The van der Waals surface area contributed by atoms with Gasteiger partial charge in [0.2, 0.25) is 0 Å². The number of esters is 1. The lowest BCUT2D eigenvalue weighted by Gasteiger charge is -2.41. The fraction of sp³-hybridized carbons (Fsp3) is 0.421. The van der Waals surface area contributed by atoms with Crippen molar-refractivity contribution >= 4 is 69.5 Å². The van der Waals surface area contributed by atoms with Crippen LogP contribution < -0.4 is 20.3 Å². The highest BCUT2D eigenvalue weighted by Crippen LogP contribution is 2.39. The van der Waals surface area contributed by atoms with Crippen molar-refractivity contribution in [3.63, 3.8) is 0 Å². The third-order valence-corrected chi connectivity index (χ3v) is 11.3. The van der Waals surface area contributed by atoms with Gasteiger partial charge in [-0.25, -0.2) is 0 Å². The smallest absolute Gasteiger partial charge is 0.302 e. The van der Waals surface area contributed by atoms with Crippen molar-refractivity contribution in [3.05, 3.63) is 97.0 Å². The molecule has 2 saturated heterocycles. The highest BCUT2D eigenvalue weighted by Gasteiger charge is 2.41. The van der Waals surface area contributed by atoms with E-state index in [4.69, 9.17) is 55.9 Å². The molecule has 0 spiro atoms.